The Morgan fingerprint density at radius 2 is 1.82 bits per heavy atom. The lowest BCUT2D eigenvalue weighted by Gasteiger charge is -2.25. The van der Waals surface area contributed by atoms with E-state index < -0.39 is 0 Å². The predicted molar refractivity (Wildman–Crippen MR) is 85.3 cm³/mol. The van der Waals surface area contributed by atoms with Crippen molar-refractivity contribution in [3.8, 4) is 0 Å². The van der Waals surface area contributed by atoms with Crippen molar-refractivity contribution in [1.29, 1.82) is 0 Å². The lowest BCUT2D eigenvalue weighted by molar-refractivity contribution is 0.201. The van der Waals surface area contributed by atoms with Crippen molar-refractivity contribution < 1.29 is 4.42 Å². The highest BCUT2D eigenvalue weighted by molar-refractivity contribution is 5.09. The largest absolute Gasteiger partial charge is 0.465 e. The molecule has 0 amide bonds. The second kappa shape index (κ2) is 5.86. The van der Waals surface area contributed by atoms with Crippen LogP contribution in [0.5, 0.6) is 0 Å². The molecule has 2 aliphatic rings. The van der Waals surface area contributed by atoms with Crippen molar-refractivity contribution >= 4 is 0 Å². The third-order valence-corrected chi connectivity index (χ3v) is 5.05. The molecule has 4 nitrogen and oxygen atoms in total. The van der Waals surface area contributed by atoms with Gasteiger partial charge in [-0.1, -0.05) is 6.07 Å². The molecule has 2 fully saturated rings. The maximum atomic E-state index is 5.75. The van der Waals surface area contributed by atoms with Crippen LogP contribution in [0.3, 0.4) is 0 Å². The molecule has 4 heterocycles. The van der Waals surface area contributed by atoms with Gasteiger partial charge in [-0.2, -0.15) is 0 Å². The number of hydrogen-bond donors (Lipinski definition) is 0. The molecule has 0 radical (unpaired) electrons. The average Bonchev–Trinajstić information content (AvgIpc) is 3.21. The number of likely N-dealkylation sites (tertiary alicyclic amines) is 2. The van der Waals surface area contributed by atoms with E-state index in [-0.39, 0.29) is 0 Å². The maximum Gasteiger partial charge on any atom is 0.118 e. The second-order valence-corrected chi connectivity index (χ2v) is 6.49. The molecule has 0 spiro atoms. The molecule has 0 aromatic carbocycles. The number of nitrogens with zero attached hydrogens (tertiary/aromatic N) is 3. The van der Waals surface area contributed by atoms with Gasteiger partial charge in [-0.05, 0) is 44.0 Å². The first kappa shape index (κ1) is 14.0. The summed E-state index contributed by atoms with van der Waals surface area (Å²) in [6.07, 6.45) is 4.41. The van der Waals surface area contributed by atoms with Crippen molar-refractivity contribution in [3.05, 3.63) is 53.7 Å². The van der Waals surface area contributed by atoms with Gasteiger partial charge in [0.1, 0.15) is 11.5 Å². The van der Waals surface area contributed by atoms with Gasteiger partial charge in [0, 0.05) is 37.9 Å². The minimum atomic E-state index is 0.675. The molecule has 4 rings (SSSR count). The quantitative estimate of drug-likeness (QED) is 0.869. The van der Waals surface area contributed by atoms with Crippen LogP contribution < -0.4 is 0 Å². The number of pyridine rings is 1. The molecule has 4 heteroatoms. The van der Waals surface area contributed by atoms with Crippen LogP contribution in [0.25, 0.3) is 0 Å². The van der Waals surface area contributed by atoms with Crippen LogP contribution in [0, 0.1) is 6.92 Å². The third kappa shape index (κ3) is 2.69. The molecule has 2 saturated heterocycles. The summed E-state index contributed by atoms with van der Waals surface area (Å²) in [4.78, 5) is 9.69. The van der Waals surface area contributed by atoms with Gasteiger partial charge in [-0.15, -0.1) is 0 Å². The van der Waals surface area contributed by atoms with E-state index in [1.54, 1.807) is 0 Å². The number of rotatable bonds is 4. The fourth-order valence-corrected chi connectivity index (χ4v) is 4.03. The summed E-state index contributed by atoms with van der Waals surface area (Å²) in [7, 11) is 0. The Bertz CT molecular complexity index is 624. The van der Waals surface area contributed by atoms with E-state index in [1.807, 2.05) is 19.2 Å². The standard InChI is InChI=1S/C18H23N3O/c1-14-5-6-16(22-14)13-21-11-8-17-18(21)7-10-20(17)12-15-4-2-3-9-19-15/h2-6,9,17-18H,7-8,10-13H2,1H3/t17-,18+/m1/s1. The second-order valence-electron chi connectivity index (χ2n) is 6.49. The van der Waals surface area contributed by atoms with E-state index in [0.717, 1.165) is 24.6 Å². The number of hydrogen-bond acceptors (Lipinski definition) is 4. The van der Waals surface area contributed by atoms with Crippen LogP contribution in [0.2, 0.25) is 0 Å². The predicted octanol–water partition coefficient (Wildman–Crippen LogP) is 2.83. The zero-order valence-corrected chi connectivity index (χ0v) is 13.1. The molecule has 116 valence electrons. The van der Waals surface area contributed by atoms with Crippen LogP contribution in [-0.4, -0.2) is 40.0 Å². The van der Waals surface area contributed by atoms with Gasteiger partial charge in [0.25, 0.3) is 0 Å². The Labute approximate surface area is 131 Å². The summed E-state index contributed by atoms with van der Waals surface area (Å²) in [6, 6.07) is 11.7. The first-order chi connectivity index (χ1) is 10.8. The molecule has 2 atom stereocenters. The monoisotopic (exact) mass is 297 g/mol. The van der Waals surface area contributed by atoms with Crippen molar-refractivity contribution in [2.24, 2.45) is 0 Å². The molecule has 0 unspecified atom stereocenters. The molecule has 2 aliphatic heterocycles. The Kier molecular flexibility index (Phi) is 3.72. The molecule has 2 aromatic heterocycles. The van der Waals surface area contributed by atoms with E-state index in [1.165, 1.54) is 31.6 Å². The Morgan fingerprint density at radius 3 is 2.45 bits per heavy atom. The van der Waals surface area contributed by atoms with Gasteiger partial charge >= 0.3 is 0 Å². The van der Waals surface area contributed by atoms with E-state index in [2.05, 4.69) is 39.0 Å². The minimum Gasteiger partial charge on any atom is -0.465 e. The highest BCUT2D eigenvalue weighted by atomic mass is 16.3. The molecule has 0 saturated carbocycles. The molecule has 22 heavy (non-hydrogen) atoms. The number of furan rings is 1. The van der Waals surface area contributed by atoms with E-state index in [9.17, 15) is 0 Å². The molecular formula is C18H23N3O. The summed E-state index contributed by atoms with van der Waals surface area (Å²) in [5.74, 6) is 2.11. The summed E-state index contributed by atoms with van der Waals surface area (Å²) < 4.78 is 5.75. The average molecular weight is 297 g/mol. The van der Waals surface area contributed by atoms with Gasteiger partial charge < -0.3 is 4.42 Å². The lowest BCUT2D eigenvalue weighted by atomic mass is 10.1. The summed E-state index contributed by atoms with van der Waals surface area (Å²) in [5, 5.41) is 0. The van der Waals surface area contributed by atoms with Crippen molar-refractivity contribution in [2.45, 2.75) is 44.9 Å². The zero-order valence-electron chi connectivity index (χ0n) is 13.1. The van der Waals surface area contributed by atoms with Gasteiger partial charge in [0.15, 0.2) is 0 Å². The topological polar surface area (TPSA) is 32.5 Å². The van der Waals surface area contributed by atoms with Crippen LogP contribution in [0.15, 0.2) is 40.9 Å². The first-order valence-electron chi connectivity index (χ1n) is 8.23. The molecule has 2 aromatic rings. The summed E-state index contributed by atoms with van der Waals surface area (Å²) in [6.45, 7) is 6.30. The SMILES string of the molecule is Cc1ccc(CN2CC[C@@H]3[C@@H]2CCN3Cc2ccccn2)o1. The van der Waals surface area contributed by atoms with Gasteiger partial charge in [-0.25, -0.2) is 0 Å². The number of aromatic nitrogens is 1. The maximum absolute atomic E-state index is 5.75. The highest BCUT2D eigenvalue weighted by Crippen LogP contribution is 2.33. The Morgan fingerprint density at radius 1 is 1.05 bits per heavy atom. The van der Waals surface area contributed by atoms with Gasteiger partial charge in [0.2, 0.25) is 0 Å². The van der Waals surface area contributed by atoms with Gasteiger partial charge in [0.05, 0.1) is 12.2 Å². The van der Waals surface area contributed by atoms with E-state index >= 15 is 0 Å². The number of fused-ring (bicyclic) bond motifs is 1. The van der Waals surface area contributed by atoms with E-state index in [4.69, 9.17) is 4.42 Å². The first-order valence-corrected chi connectivity index (χ1v) is 8.23. The Hall–Kier alpha value is -1.65. The van der Waals surface area contributed by atoms with E-state index in [0.29, 0.717) is 12.1 Å². The van der Waals surface area contributed by atoms with Crippen molar-refractivity contribution in [1.82, 2.24) is 14.8 Å². The molecule has 0 aliphatic carbocycles. The van der Waals surface area contributed by atoms with Crippen LogP contribution in [0.1, 0.15) is 30.1 Å². The Balaban J connectivity index is 1.41. The van der Waals surface area contributed by atoms with Crippen molar-refractivity contribution in [2.75, 3.05) is 13.1 Å². The summed E-state index contributed by atoms with van der Waals surface area (Å²) in [5.41, 5.74) is 1.18. The van der Waals surface area contributed by atoms with Crippen molar-refractivity contribution in [3.63, 3.8) is 0 Å². The molecule has 0 bridgehead atoms. The smallest absolute Gasteiger partial charge is 0.118 e. The van der Waals surface area contributed by atoms with Gasteiger partial charge in [-0.3, -0.25) is 14.8 Å². The fourth-order valence-electron chi connectivity index (χ4n) is 4.03. The molecule has 0 N–H and O–H groups in total. The fraction of sp³-hybridized carbons (Fsp3) is 0.500. The summed E-state index contributed by atoms with van der Waals surface area (Å²) >= 11 is 0. The van der Waals surface area contributed by atoms with Crippen LogP contribution in [-0.2, 0) is 13.1 Å². The van der Waals surface area contributed by atoms with Crippen LogP contribution >= 0.6 is 0 Å². The van der Waals surface area contributed by atoms with Crippen LogP contribution in [0.4, 0.5) is 0 Å². The minimum absolute atomic E-state index is 0.675. The number of aryl methyl sites for hydroxylation is 1. The third-order valence-electron chi connectivity index (χ3n) is 5.05. The zero-order chi connectivity index (χ0) is 14.9. The normalized spacial score (nSPS) is 25.7. The molecular weight excluding hydrogens is 274 g/mol. The highest BCUT2D eigenvalue weighted by Gasteiger charge is 2.42. The lowest BCUT2D eigenvalue weighted by Crippen LogP contribution is -2.36.